The van der Waals surface area contributed by atoms with Crippen molar-refractivity contribution in [3.63, 3.8) is 0 Å². The van der Waals surface area contributed by atoms with Gasteiger partial charge >= 0.3 is 0 Å². The van der Waals surface area contributed by atoms with Crippen molar-refractivity contribution in [1.82, 2.24) is 4.90 Å². The number of rotatable bonds is 6. The highest BCUT2D eigenvalue weighted by Gasteiger charge is 2.30. The molecule has 22 heavy (non-hydrogen) atoms. The maximum absolute atomic E-state index is 12.2. The number of carbonyl (C=O) groups excluding carboxylic acids is 1. The van der Waals surface area contributed by atoms with Gasteiger partial charge in [-0.3, -0.25) is 4.79 Å². The van der Waals surface area contributed by atoms with Gasteiger partial charge in [-0.2, -0.15) is 0 Å². The number of aliphatic hydroxyl groups excluding tert-OH is 2. The summed E-state index contributed by atoms with van der Waals surface area (Å²) in [5.41, 5.74) is -0.256. The van der Waals surface area contributed by atoms with Gasteiger partial charge in [-0.05, 0) is 37.5 Å². The van der Waals surface area contributed by atoms with Crippen LogP contribution in [0.5, 0.6) is 0 Å². The van der Waals surface area contributed by atoms with E-state index in [9.17, 15) is 9.90 Å². The van der Waals surface area contributed by atoms with Crippen molar-refractivity contribution in [2.75, 3.05) is 32.6 Å². The summed E-state index contributed by atoms with van der Waals surface area (Å²) in [6.07, 6.45) is 6.94. The van der Waals surface area contributed by atoms with Crippen LogP contribution in [-0.4, -0.2) is 60.3 Å². The van der Waals surface area contributed by atoms with E-state index in [0.29, 0.717) is 19.5 Å². The van der Waals surface area contributed by atoms with Gasteiger partial charge in [-0.25, -0.2) is 0 Å². The lowest BCUT2D eigenvalue weighted by Gasteiger charge is -2.38. The first-order valence-corrected chi connectivity index (χ1v) is 10.4. The van der Waals surface area contributed by atoms with Gasteiger partial charge in [0, 0.05) is 45.6 Å². The number of nitrogens with zero attached hydrogens (tertiary/aromatic N) is 1. The molecule has 0 bridgehead atoms. The van der Waals surface area contributed by atoms with E-state index in [1.165, 1.54) is 25.7 Å². The molecule has 2 heterocycles. The van der Waals surface area contributed by atoms with E-state index < -0.39 is 0 Å². The van der Waals surface area contributed by atoms with Gasteiger partial charge in [0.25, 0.3) is 0 Å². The Morgan fingerprint density at radius 1 is 1.45 bits per heavy atom. The van der Waals surface area contributed by atoms with Gasteiger partial charge in [-0.15, -0.1) is 0 Å². The molecule has 1 amide bonds. The average molecular weight is 354 g/mol. The molecular formula is C16H31NO3S2. The van der Waals surface area contributed by atoms with Gasteiger partial charge in [0.2, 0.25) is 7.34 Å². The van der Waals surface area contributed by atoms with Crippen molar-refractivity contribution in [2.45, 2.75) is 57.1 Å². The molecule has 2 rings (SSSR count). The summed E-state index contributed by atoms with van der Waals surface area (Å²) in [7, 11) is 5.28. The Hall–Kier alpha value is 0.0900. The van der Waals surface area contributed by atoms with E-state index in [1.54, 1.807) is 0 Å². The fourth-order valence-electron chi connectivity index (χ4n) is 2.76. The molecule has 1 atom stereocenters. The van der Waals surface area contributed by atoms with E-state index in [0.717, 1.165) is 30.9 Å². The Balaban J connectivity index is 0.000000891. The van der Waals surface area contributed by atoms with Crippen LogP contribution in [0.2, 0.25) is 0 Å². The van der Waals surface area contributed by atoms with E-state index in [-0.39, 0.29) is 24.8 Å². The Morgan fingerprint density at radius 3 is 2.73 bits per heavy atom. The van der Waals surface area contributed by atoms with Crippen LogP contribution >= 0.6 is 21.6 Å². The highest BCUT2D eigenvalue weighted by atomic mass is 33.1. The van der Waals surface area contributed by atoms with E-state index in [1.807, 2.05) is 26.5 Å². The van der Waals surface area contributed by atoms with Gasteiger partial charge in [0.15, 0.2) is 0 Å². The first kappa shape index (κ1) is 16.9. The highest BCUT2D eigenvalue weighted by Crippen LogP contribution is 2.40. The fraction of sp³-hybridized carbons (Fsp3) is 0.938. The number of piperidine rings is 1. The minimum Gasteiger partial charge on any atom is -0.400 e. The minimum absolute atomic E-state index is 0.0790. The summed E-state index contributed by atoms with van der Waals surface area (Å²) in [6.45, 7) is 1.78. The summed E-state index contributed by atoms with van der Waals surface area (Å²) >= 11 is 0. The van der Waals surface area contributed by atoms with Gasteiger partial charge in [0.05, 0.1) is 0 Å². The maximum atomic E-state index is 12.2. The van der Waals surface area contributed by atoms with Crippen LogP contribution in [0.25, 0.3) is 0 Å². The molecule has 6 heteroatoms. The van der Waals surface area contributed by atoms with Crippen molar-refractivity contribution in [3.05, 3.63) is 0 Å². The number of hydrogen-bond acceptors (Lipinski definition) is 5. The lowest BCUT2D eigenvalue weighted by Crippen LogP contribution is -2.43. The molecule has 2 N–H and O–H groups in total. The van der Waals surface area contributed by atoms with Crippen LogP contribution in [-0.2, 0) is 4.79 Å². The third-order valence-corrected chi connectivity index (χ3v) is 7.41. The molecule has 0 spiro atoms. The van der Waals surface area contributed by atoms with Gasteiger partial charge < -0.3 is 15.1 Å². The third-order valence-electron chi connectivity index (χ3n) is 4.41. The molecule has 0 aromatic heterocycles. The summed E-state index contributed by atoms with van der Waals surface area (Å²) in [6, 6.07) is 0. The fourth-order valence-corrected chi connectivity index (χ4v) is 5.79. The molecule has 2 aliphatic heterocycles. The van der Waals surface area contributed by atoms with E-state index in [2.05, 4.69) is 5.11 Å². The summed E-state index contributed by atoms with van der Waals surface area (Å²) in [5, 5.41) is 13.7. The summed E-state index contributed by atoms with van der Waals surface area (Å²) in [5.74, 6) is 1.55. The number of aliphatic hydroxyl groups is 2. The predicted molar refractivity (Wildman–Crippen MR) is 96.1 cm³/mol. The van der Waals surface area contributed by atoms with Gasteiger partial charge in [0.1, 0.15) is 0 Å². The monoisotopic (exact) mass is 353 g/mol. The average Bonchev–Trinajstić information content (AvgIpc) is 3.13. The van der Waals surface area contributed by atoms with Crippen molar-refractivity contribution < 1.29 is 16.4 Å². The van der Waals surface area contributed by atoms with Crippen LogP contribution < -0.4 is 0 Å². The Morgan fingerprint density at radius 2 is 2.18 bits per heavy atom. The second-order valence-electron chi connectivity index (χ2n) is 6.11. The summed E-state index contributed by atoms with van der Waals surface area (Å²) in [4.78, 5) is 14.1. The highest BCUT2D eigenvalue weighted by molar-refractivity contribution is 8.77. The van der Waals surface area contributed by atoms with Crippen molar-refractivity contribution in [1.29, 1.82) is 1.43 Å². The largest absolute Gasteiger partial charge is 0.400 e. The molecule has 2 fully saturated rings. The van der Waals surface area contributed by atoms with Crippen LogP contribution in [0.3, 0.4) is 0 Å². The van der Waals surface area contributed by atoms with Crippen molar-refractivity contribution in [3.8, 4) is 0 Å². The number of hydrogen-bond donors (Lipinski definition) is 2. The zero-order valence-electron chi connectivity index (χ0n) is 15.6. The molecule has 130 valence electrons. The molecule has 0 saturated carbocycles. The maximum Gasteiger partial charge on any atom is 0.222 e. The molecule has 0 radical (unpaired) electrons. The number of carbonyl (C=O) groups is 1. The molecule has 0 unspecified atom stereocenters. The Bertz CT molecular complexity index is 344. The standard InChI is InChI=1S/C15H27NO2S2.CH4O/c1-15(12-17)7-9-16(10-8-15)14(18)5-3-2-4-13-6-11-19-20-13;1-2/h13,17H,2-12H2,1H3;2H,1H3/t13-;/m1./s1/i1T;2T. The zero-order chi connectivity index (χ0) is 17.8. The SMILES string of the molecule is [3H]CC1(CO)CCN(C(=O)CCCC[C@@H]2CCSS2)CC1.[3H]OC. The quantitative estimate of drug-likeness (QED) is 0.568. The third kappa shape index (κ3) is 6.69. The lowest BCUT2D eigenvalue weighted by molar-refractivity contribution is -0.133. The minimum atomic E-state index is -0.256. The number of unbranched alkanes of at least 4 members (excludes halogenated alkanes) is 1. The molecule has 0 aromatic carbocycles. The van der Waals surface area contributed by atoms with Crippen LogP contribution in [0.4, 0.5) is 0 Å². The molecule has 0 aromatic rings. The Labute approximate surface area is 145 Å². The zero-order valence-corrected chi connectivity index (χ0v) is 15.2. The molecular weight excluding hydrogens is 318 g/mol. The lowest BCUT2D eigenvalue weighted by atomic mass is 9.81. The second kappa shape index (κ2) is 10.8. The van der Waals surface area contributed by atoms with E-state index in [4.69, 9.17) is 2.80 Å². The van der Waals surface area contributed by atoms with Crippen LogP contribution in [0.1, 0.15) is 53.2 Å². The number of amides is 1. The summed E-state index contributed by atoms with van der Waals surface area (Å²) < 4.78 is 13.3. The molecule has 2 saturated heterocycles. The molecule has 2 aliphatic rings. The normalized spacial score (nSPS) is 25.0. The second-order valence-corrected chi connectivity index (χ2v) is 8.90. The van der Waals surface area contributed by atoms with E-state index >= 15 is 0 Å². The first-order chi connectivity index (χ1) is 11.6. The van der Waals surface area contributed by atoms with Gasteiger partial charge in [-0.1, -0.05) is 34.9 Å². The first-order valence-electron chi connectivity index (χ1n) is 9.18. The molecule has 0 aliphatic carbocycles. The molecule has 4 nitrogen and oxygen atoms in total. The van der Waals surface area contributed by atoms with Crippen LogP contribution in [0, 0.1) is 5.41 Å². The smallest absolute Gasteiger partial charge is 0.222 e. The van der Waals surface area contributed by atoms with Crippen molar-refractivity contribution >= 4 is 27.5 Å². The predicted octanol–water partition coefficient (Wildman–Crippen LogP) is 2.93. The van der Waals surface area contributed by atoms with Crippen molar-refractivity contribution in [2.24, 2.45) is 5.41 Å². The van der Waals surface area contributed by atoms with Crippen LogP contribution in [0.15, 0.2) is 0 Å². The number of likely N-dealkylation sites (tertiary alicyclic amines) is 1. The topological polar surface area (TPSA) is 60.8 Å². The Kier molecular flexibility index (Phi) is 8.30.